The highest BCUT2D eigenvalue weighted by atomic mass is 14.1. The van der Waals surface area contributed by atoms with Crippen LogP contribution in [0.15, 0.2) is 48.6 Å². The summed E-state index contributed by atoms with van der Waals surface area (Å²) in [6.07, 6.45) is 7.68. The Kier molecular flexibility index (Phi) is 1.90. The average molecular weight is 230 g/mol. The Hall–Kier alpha value is -2.08. The molecule has 0 fully saturated rings. The Morgan fingerprint density at radius 2 is 1.78 bits per heavy atom. The van der Waals surface area contributed by atoms with E-state index in [1.807, 2.05) is 0 Å². The van der Waals surface area contributed by atoms with Crippen LogP contribution in [0, 0.1) is 6.92 Å². The largest absolute Gasteiger partial charge is 0.0801 e. The molecule has 86 valence electrons. The molecule has 1 aliphatic carbocycles. The molecule has 0 unspecified atom stereocenters. The first-order chi connectivity index (χ1) is 8.84. The van der Waals surface area contributed by atoms with Gasteiger partial charge < -0.3 is 0 Å². The van der Waals surface area contributed by atoms with Gasteiger partial charge in [-0.05, 0) is 51.2 Å². The van der Waals surface area contributed by atoms with Gasteiger partial charge in [-0.3, -0.25) is 0 Å². The highest BCUT2D eigenvalue weighted by Gasteiger charge is 2.09. The fourth-order valence-electron chi connectivity index (χ4n) is 3.07. The van der Waals surface area contributed by atoms with Gasteiger partial charge >= 0.3 is 0 Å². The average Bonchev–Trinajstić information content (AvgIpc) is 2.61. The third kappa shape index (κ3) is 1.20. The summed E-state index contributed by atoms with van der Waals surface area (Å²) < 4.78 is 0. The second-order valence-electron chi connectivity index (χ2n) is 5.08. The normalized spacial score (nSPS) is 13.8. The molecule has 1 aliphatic rings. The predicted molar refractivity (Wildman–Crippen MR) is 78.7 cm³/mol. The minimum absolute atomic E-state index is 1.03. The molecule has 0 heteroatoms. The van der Waals surface area contributed by atoms with Crippen molar-refractivity contribution in [3.8, 4) is 0 Å². The second-order valence-corrected chi connectivity index (χ2v) is 5.08. The van der Waals surface area contributed by atoms with Crippen LogP contribution in [0.4, 0.5) is 0 Å². The number of hydrogen-bond acceptors (Lipinski definition) is 0. The Labute approximate surface area is 106 Å². The molecule has 0 saturated carbocycles. The van der Waals surface area contributed by atoms with E-state index in [1.165, 1.54) is 37.9 Å². The van der Waals surface area contributed by atoms with Crippen molar-refractivity contribution in [2.75, 3.05) is 0 Å². The molecule has 0 radical (unpaired) electrons. The van der Waals surface area contributed by atoms with Crippen LogP contribution >= 0.6 is 0 Å². The predicted octanol–water partition coefficient (Wildman–Crippen LogP) is 3.91. The summed E-state index contributed by atoms with van der Waals surface area (Å²) in [6.45, 7) is 2.20. The van der Waals surface area contributed by atoms with E-state index in [1.54, 1.807) is 0 Å². The van der Waals surface area contributed by atoms with Crippen molar-refractivity contribution in [1.82, 2.24) is 0 Å². The van der Waals surface area contributed by atoms with Crippen LogP contribution in [-0.4, -0.2) is 0 Å². The van der Waals surface area contributed by atoms with Crippen LogP contribution in [0.3, 0.4) is 0 Å². The summed E-state index contributed by atoms with van der Waals surface area (Å²) in [5, 5.41) is 6.97. The summed E-state index contributed by atoms with van der Waals surface area (Å²) in [5.41, 5.74) is 2.81. The molecule has 0 saturated heterocycles. The zero-order valence-electron chi connectivity index (χ0n) is 10.4. The van der Waals surface area contributed by atoms with E-state index in [4.69, 9.17) is 0 Å². The maximum Gasteiger partial charge on any atom is -0.00273 e. The Morgan fingerprint density at radius 3 is 2.72 bits per heavy atom. The Bertz CT molecular complexity index is 851. The summed E-state index contributed by atoms with van der Waals surface area (Å²) in [6, 6.07) is 13.5. The van der Waals surface area contributed by atoms with E-state index in [0.29, 0.717) is 0 Å². The molecule has 0 nitrogen and oxygen atoms in total. The Balaban J connectivity index is 2.40. The standard InChI is InChI=1S/C18H14/c1-12-6-7-15-9-8-13-4-2-3-5-14-10-11-16(12)18(15)17(13)14/h2-4,6-11H,5H2,1H3. The molecular weight excluding hydrogens is 216 g/mol. The molecule has 0 amide bonds. The quantitative estimate of drug-likeness (QED) is 0.549. The van der Waals surface area contributed by atoms with Gasteiger partial charge in [0.25, 0.3) is 0 Å². The minimum Gasteiger partial charge on any atom is -0.0801 e. The Morgan fingerprint density at radius 1 is 0.889 bits per heavy atom. The van der Waals surface area contributed by atoms with Gasteiger partial charge in [0, 0.05) is 0 Å². The van der Waals surface area contributed by atoms with Gasteiger partial charge in [-0.2, -0.15) is 0 Å². The van der Waals surface area contributed by atoms with Crippen molar-refractivity contribution in [3.63, 3.8) is 0 Å². The van der Waals surface area contributed by atoms with E-state index in [9.17, 15) is 0 Å². The van der Waals surface area contributed by atoms with Gasteiger partial charge in [-0.15, -0.1) is 0 Å². The molecule has 0 atom stereocenters. The van der Waals surface area contributed by atoms with Gasteiger partial charge in [0.15, 0.2) is 0 Å². The van der Waals surface area contributed by atoms with Gasteiger partial charge in [0.1, 0.15) is 0 Å². The molecule has 18 heavy (non-hydrogen) atoms. The number of benzene rings is 3. The van der Waals surface area contributed by atoms with Gasteiger partial charge in [-0.1, -0.05) is 54.6 Å². The van der Waals surface area contributed by atoms with Crippen molar-refractivity contribution in [1.29, 1.82) is 0 Å². The number of hydrogen-bond donors (Lipinski definition) is 0. The monoisotopic (exact) mass is 230 g/mol. The molecule has 0 aromatic heterocycles. The van der Waals surface area contributed by atoms with Crippen LogP contribution in [0.1, 0.15) is 11.1 Å². The van der Waals surface area contributed by atoms with Gasteiger partial charge in [0.2, 0.25) is 0 Å². The van der Waals surface area contributed by atoms with Gasteiger partial charge in [-0.25, -0.2) is 0 Å². The summed E-state index contributed by atoms with van der Waals surface area (Å²) in [5.74, 6) is 0. The summed E-state index contributed by atoms with van der Waals surface area (Å²) in [4.78, 5) is 0. The second kappa shape index (κ2) is 3.46. The highest BCUT2D eigenvalue weighted by molar-refractivity contribution is 6.12. The lowest BCUT2D eigenvalue weighted by molar-refractivity contribution is 1.31. The van der Waals surface area contributed by atoms with E-state index in [-0.39, 0.29) is 0 Å². The van der Waals surface area contributed by atoms with Crippen molar-refractivity contribution in [2.24, 2.45) is 0 Å². The highest BCUT2D eigenvalue weighted by Crippen LogP contribution is 2.30. The van der Waals surface area contributed by atoms with E-state index in [2.05, 4.69) is 61.5 Å². The van der Waals surface area contributed by atoms with Crippen LogP contribution in [0.25, 0.3) is 27.6 Å². The molecular formula is C18H14. The zero-order valence-corrected chi connectivity index (χ0v) is 10.4. The van der Waals surface area contributed by atoms with Crippen molar-refractivity contribution in [2.45, 2.75) is 13.3 Å². The molecule has 0 spiro atoms. The van der Waals surface area contributed by atoms with Crippen molar-refractivity contribution < 1.29 is 0 Å². The lowest BCUT2D eigenvalue weighted by Gasteiger charge is -2.11. The van der Waals surface area contributed by atoms with E-state index >= 15 is 0 Å². The van der Waals surface area contributed by atoms with Crippen LogP contribution in [-0.2, 0) is 6.42 Å². The van der Waals surface area contributed by atoms with Crippen LogP contribution in [0.5, 0.6) is 0 Å². The number of allylic oxidation sites excluding steroid dienone is 2. The molecule has 4 rings (SSSR count). The van der Waals surface area contributed by atoms with Crippen LogP contribution < -0.4 is 5.22 Å². The first-order valence-corrected chi connectivity index (χ1v) is 6.45. The molecule has 0 aliphatic heterocycles. The maximum absolute atomic E-state index is 2.29. The first-order valence-electron chi connectivity index (χ1n) is 6.45. The topological polar surface area (TPSA) is 0 Å². The van der Waals surface area contributed by atoms with Crippen molar-refractivity contribution >= 4 is 27.6 Å². The lowest BCUT2D eigenvalue weighted by atomic mass is 9.92. The fraction of sp³-hybridized carbons (Fsp3) is 0.111. The molecule has 3 aromatic rings. The third-order valence-electron chi connectivity index (χ3n) is 4.00. The summed E-state index contributed by atoms with van der Waals surface area (Å²) >= 11 is 0. The smallest absolute Gasteiger partial charge is 0.00273 e. The lowest BCUT2D eigenvalue weighted by Crippen LogP contribution is -2.03. The minimum atomic E-state index is 1.03. The van der Waals surface area contributed by atoms with E-state index < -0.39 is 0 Å². The molecule has 0 bridgehead atoms. The SMILES string of the molecule is Cc1ccc2ccc3c4c(ccc1c24)CC=CC=3. The van der Waals surface area contributed by atoms with Crippen LogP contribution in [0.2, 0.25) is 0 Å². The molecule has 0 N–H and O–H groups in total. The zero-order chi connectivity index (χ0) is 12.1. The van der Waals surface area contributed by atoms with Crippen molar-refractivity contribution in [3.05, 3.63) is 64.9 Å². The van der Waals surface area contributed by atoms with Gasteiger partial charge in [0.05, 0.1) is 0 Å². The number of rotatable bonds is 0. The summed E-state index contributed by atoms with van der Waals surface area (Å²) in [7, 11) is 0. The maximum atomic E-state index is 2.29. The molecule has 3 aromatic carbocycles. The third-order valence-corrected chi connectivity index (χ3v) is 4.00. The van der Waals surface area contributed by atoms with E-state index in [0.717, 1.165) is 6.42 Å². The first kappa shape index (κ1) is 9.90. The number of aryl methyl sites for hydroxylation is 1. The fourth-order valence-corrected chi connectivity index (χ4v) is 3.07. The molecule has 0 heterocycles.